The zero-order valence-electron chi connectivity index (χ0n) is 11.4. The summed E-state index contributed by atoms with van der Waals surface area (Å²) in [7, 11) is -3.16. The molecule has 21 heavy (non-hydrogen) atoms. The number of hydrogen-bond donors (Lipinski definition) is 2. The van der Waals surface area contributed by atoms with Gasteiger partial charge >= 0.3 is 0 Å². The van der Waals surface area contributed by atoms with E-state index in [4.69, 9.17) is 0 Å². The highest BCUT2D eigenvalue weighted by Gasteiger charge is 2.28. The summed E-state index contributed by atoms with van der Waals surface area (Å²) in [6, 6.07) is 6.78. The average molecular weight is 327 g/mol. The Kier molecular flexibility index (Phi) is 4.10. The molecule has 3 rings (SSSR count). The fraction of sp³-hybridized carbons (Fsp3) is 0.462. The summed E-state index contributed by atoms with van der Waals surface area (Å²) in [6.45, 7) is 0.525. The second kappa shape index (κ2) is 5.86. The van der Waals surface area contributed by atoms with E-state index in [0.717, 1.165) is 11.6 Å². The molecule has 1 atom stereocenters. The minimum Gasteiger partial charge on any atom is -0.325 e. The van der Waals surface area contributed by atoms with Gasteiger partial charge in [0.25, 0.3) is 0 Å². The fourth-order valence-corrected chi connectivity index (χ4v) is 4.94. The van der Waals surface area contributed by atoms with Crippen LogP contribution in [0.15, 0.2) is 24.3 Å². The second-order valence-electron chi connectivity index (χ2n) is 5.05. The van der Waals surface area contributed by atoms with Gasteiger partial charge < -0.3 is 5.32 Å². The number of rotatable bonds is 3. The first-order valence-corrected chi connectivity index (χ1v) is 9.55. The number of hydrogen-bond acceptors (Lipinski definition) is 5. The second-order valence-corrected chi connectivity index (χ2v) is 8.09. The molecule has 2 aliphatic heterocycles. The fourth-order valence-electron chi connectivity index (χ4n) is 2.43. The van der Waals surface area contributed by atoms with Crippen LogP contribution in [-0.2, 0) is 14.8 Å². The molecule has 0 radical (unpaired) electrons. The van der Waals surface area contributed by atoms with Crippen molar-refractivity contribution in [3.8, 4) is 0 Å². The maximum absolute atomic E-state index is 12.0. The Labute approximate surface area is 128 Å². The summed E-state index contributed by atoms with van der Waals surface area (Å²) in [4.78, 5) is 12.0. The number of anilines is 2. The van der Waals surface area contributed by atoms with Gasteiger partial charge in [-0.1, -0.05) is 0 Å². The van der Waals surface area contributed by atoms with E-state index in [1.165, 1.54) is 4.31 Å². The SMILES string of the molecule is O=C(Nc1ccc(N2CCCS2(=O)=O)cc1)C1CSCN1. The first-order chi connectivity index (χ1) is 10.1. The van der Waals surface area contributed by atoms with Gasteiger partial charge in [-0.15, -0.1) is 11.8 Å². The molecular weight excluding hydrogens is 310 g/mol. The third-order valence-corrected chi connectivity index (χ3v) is 6.36. The zero-order chi connectivity index (χ0) is 14.9. The predicted octanol–water partition coefficient (Wildman–Crippen LogP) is 0.827. The summed E-state index contributed by atoms with van der Waals surface area (Å²) in [5.74, 6) is 1.72. The number of carbonyl (C=O) groups excluding carboxylic acids is 1. The van der Waals surface area contributed by atoms with Crippen molar-refractivity contribution < 1.29 is 13.2 Å². The Balaban J connectivity index is 1.68. The van der Waals surface area contributed by atoms with Crippen LogP contribution in [-0.4, -0.2) is 44.3 Å². The van der Waals surface area contributed by atoms with Gasteiger partial charge in [-0.2, -0.15) is 0 Å². The van der Waals surface area contributed by atoms with E-state index in [2.05, 4.69) is 10.6 Å². The molecule has 0 bridgehead atoms. The molecule has 2 N–H and O–H groups in total. The normalized spacial score (nSPS) is 24.2. The van der Waals surface area contributed by atoms with Gasteiger partial charge in [-0.05, 0) is 30.7 Å². The van der Waals surface area contributed by atoms with Crippen LogP contribution in [0.25, 0.3) is 0 Å². The van der Waals surface area contributed by atoms with Crippen LogP contribution in [0.3, 0.4) is 0 Å². The van der Waals surface area contributed by atoms with Gasteiger partial charge in [0.2, 0.25) is 15.9 Å². The number of nitrogens with zero attached hydrogens (tertiary/aromatic N) is 1. The standard InChI is InChI=1S/C13H17N3O3S2/c17-13(12-8-20-9-14-12)15-10-2-4-11(5-3-10)16-6-1-7-21(16,18)19/h2-5,12,14H,1,6-9H2,(H,15,17). The average Bonchev–Trinajstić information content (AvgIpc) is 3.09. The molecule has 1 aromatic rings. The van der Waals surface area contributed by atoms with Gasteiger partial charge in [0.05, 0.1) is 17.5 Å². The van der Waals surface area contributed by atoms with Gasteiger partial charge in [-0.25, -0.2) is 8.42 Å². The van der Waals surface area contributed by atoms with E-state index in [9.17, 15) is 13.2 Å². The maximum Gasteiger partial charge on any atom is 0.242 e. The molecule has 2 saturated heterocycles. The Bertz CT molecular complexity index is 625. The molecule has 0 spiro atoms. The van der Waals surface area contributed by atoms with Crippen LogP contribution in [0.1, 0.15) is 6.42 Å². The van der Waals surface area contributed by atoms with Gasteiger partial charge in [-0.3, -0.25) is 14.4 Å². The summed E-state index contributed by atoms with van der Waals surface area (Å²) < 4.78 is 25.1. The third-order valence-electron chi connectivity index (χ3n) is 3.55. The van der Waals surface area contributed by atoms with Gasteiger partial charge in [0, 0.05) is 23.9 Å². The molecule has 2 heterocycles. The zero-order valence-corrected chi connectivity index (χ0v) is 13.0. The van der Waals surface area contributed by atoms with Gasteiger partial charge in [0.15, 0.2) is 0 Å². The molecule has 8 heteroatoms. The molecular formula is C13H17N3O3S2. The van der Waals surface area contributed by atoms with E-state index >= 15 is 0 Å². The third kappa shape index (κ3) is 3.17. The molecule has 1 unspecified atom stereocenters. The molecule has 0 saturated carbocycles. The lowest BCUT2D eigenvalue weighted by molar-refractivity contribution is -0.117. The monoisotopic (exact) mass is 327 g/mol. The lowest BCUT2D eigenvalue weighted by atomic mass is 10.2. The number of thioether (sulfide) groups is 1. The molecule has 114 valence electrons. The molecule has 6 nitrogen and oxygen atoms in total. The van der Waals surface area contributed by atoms with E-state index < -0.39 is 10.0 Å². The Morgan fingerprint density at radius 2 is 2.10 bits per heavy atom. The van der Waals surface area contributed by atoms with Crippen molar-refractivity contribution in [2.24, 2.45) is 0 Å². The van der Waals surface area contributed by atoms with Crippen molar-refractivity contribution in [3.05, 3.63) is 24.3 Å². The number of amides is 1. The lowest BCUT2D eigenvalue weighted by Crippen LogP contribution is -2.37. The maximum atomic E-state index is 12.0. The van der Waals surface area contributed by atoms with E-state index in [0.29, 0.717) is 24.3 Å². The Hall–Kier alpha value is -1.25. The van der Waals surface area contributed by atoms with E-state index in [1.807, 2.05) is 0 Å². The minimum atomic E-state index is -3.16. The van der Waals surface area contributed by atoms with Crippen molar-refractivity contribution >= 4 is 39.1 Å². The number of sulfonamides is 1. The summed E-state index contributed by atoms with van der Waals surface area (Å²) in [5, 5.41) is 5.95. The number of nitrogens with one attached hydrogen (secondary N) is 2. The van der Waals surface area contributed by atoms with Crippen molar-refractivity contribution in [1.29, 1.82) is 0 Å². The van der Waals surface area contributed by atoms with Crippen LogP contribution in [0.5, 0.6) is 0 Å². The number of carbonyl (C=O) groups is 1. The minimum absolute atomic E-state index is 0.0541. The highest BCUT2D eigenvalue weighted by Crippen LogP contribution is 2.25. The van der Waals surface area contributed by atoms with Gasteiger partial charge in [0.1, 0.15) is 0 Å². The first-order valence-electron chi connectivity index (χ1n) is 6.79. The van der Waals surface area contributed by atoms with Crippen LogP contribution in [0.2, 0.25) is 0 Å². The summed E-state index contributed by atoms with van der Waals surface area (Å²) in [5.41, 5.74) is 1.33. The van der Waals surface area contributed by atoms with E-state index in [-0.39, 0.29) is 17.7 Å². The molecule has 0 aliphatic carbocycles. The molecule has 1 amide bonds. The predicted molar refractivity (Wildman–Crippen MR) is 85.1 cm³/mol. The Morgan fingerprint density at radius 3 is 2.67 bits per heavy atom. The lowest BCUT2D eigenvalue weighted by Gasteiger charge is -2.17. The van der Waals surface area contributed by atoms with Crippen LogP contribution in [0, 0.1) is 0 Å². The molecule has 2 fully saturated rings. The molecule has 2 aliphatic rings. The van der Waals surface area contributed by atoms with Crippen LogP contribution in [0.4, 0.5) is 11.4 Å². The van der Waals surface area contributed by atoms with Crippen LogP contribution < -0.4 is 14.9 Å². The Morgan fingerprint density at radius 1 is 1.33 bits per heavy atom. The molecule has 0 aromatic heterocycles. The first kappa shape index (κ1) is 14.7. The van der Waals surface area contributed by atoms with Crippen molar-refractivity contribution in [2.45, 2.75) is 12.5 Å². The smallest absolute Gasteiger partial charge is 0.242 e. The molecule has 1 aromatic carbocycles. The van der Waals surface area contributed by atoms with Crippen molar-refractivity contribution in [2.75, 3.05) is 33.5 Å². The van der Waals surface area contributed by atoms with Crippen molar-refractivity contribution in [1.82, 2.24) is 5.32 Å². The highest BCUT2D eigenvalue weighted by molar-refractivity contribution is 7.99. The topological polar surface area (TPSA) is 78.5 Å². The largest absolute Gasteiger partial charge is 0.325 e. The van der Waals surface area contributed by atoms with Crippen molar-refractivity contribution in [3.63, 3.8) is 0 Å². The van der Waals surface area contributed by atoms with Crippen LogP contribution >= 0.6 is 11.8 Å². The summed E-state index contributed by atoms with van der Waals surface area (Å²) >= 11 is 1.69. The van der Waals surface area contributed by atoms with E-state index in [1.54, 1.807) is 36.0 Å². The number of benzene rings is 1. The quantitative estimate of drug-likeness (QED) is 0.860. The summed E-state index contributed by atoms with van der Waals surface area (Å²) in [6.07, 6.45) is 0.659. The highest BCUT2D eigenvalue weighted by atomic mass is 32.2.